The number of benzene rings is 1. The van der Waals surface area contributed by atoms with Crippen molar-refractivity contribution in [3.63, 3.8) is 0 Å². The van der Waals surface area contributed by atoms with Crippen molar-refractivity contribution in [2.24, 2.45) is 0 Å². The van der Waals surface area contributed by atoms with Gasteiger partial charge in [0.25, 0.3) is 0 Å². The Kier molecular flexibility index (Phi) is 3.79. The SMILES string of the molecule is [C-]#[N+]c1cc(B2OC(C)(C)C(C)(C)O2)cnc1-c1ccc2c(c1)C1CCC2C1. The molecule has 1 saturated heterocycles. The van der Waals surface area contributed by atoms with Crippen molar-refractivity contribution in [1.82, 2.24) is 4.98 Å². The predicted molar refractivity (Wildman–Crippen MR) is 111 cm³/mol. The van der Waals surface area contributed by atoms with Crippen molar-refractivity contribution in [3.8, 4) is 11.3 Å². The van der Waals surface area contributed by atoms with E-state index in [2.05, 4.69) is 28.0 Å². The maximum absolute atomic E-state index is 7.70. The fraction of sp³-hybridized carbons (Fsp3) is 0.478. The minimum Gasteiger partial charge on any atom is -0.399 e. The highest BCUT2D eigenvalue weighted by Crippen LogP contribution is 2.53. The van der Waals surface area contributed by atoms with Gasteiger partial charge in [0.2, 0.25) is 5.69 Å². The third-order valence-electron chi connectivity index (χ3n) is 7.21. The van der Waals surface area contributed by atoms with Gasteiger partial charge in [-0.1, -0.05) is 24.3 Å². The fourth-order valence-corrected chi connectivity index (χ4v) is 4.88. The van der Waals surface area contributed by atoms with Crippen molar-refractivity contribution in [3.05, 3.63) is 53.0 Å². The van der Waals surface area contributed by atoms with Crippen LogP contribution in [-0.2, 0) is 9.31 Å². The maximum Gasteiger partial charge on any atom is 0.495 e. The van der Waals surface area contributed by atoms with Crippen LogP contribution in [0.4, 0.5) is 5.69 Å². The molecule has 0 N–H and O–H groups in total. The summed E-state index contributed by atoms with van der Waals surface area (Å²) < 4.78 is 12.2. The van der Waals surface area contributed by atoms with E-state index in [0.29, 0.717) is 11.6 Å². The van der Waals surface area contributed by atoms with Crippen LogP contribution < -0.4 is 5.46 Å². The van der Waals surface area contributed by atoms with E-state index in [9.17, 15) is 0 Å². The first-order valence-corrected chi connectivity index (χ1v) is 10.2. The summed E-state index contributed by atoms with van der Waals surface area (Å²) >= 11 is 0. The monoisotopic (exact) mass is 372 g/mol. The van der Waals surface area contributed by atoms with Crippen LogP contribution in [0.5, 0.6) is 0 Å². The van der Waals surface area contributed by atoms with E-state index in [4.69, 9.17) is 15.9 Å². The molecule has 28 heavy (non-hydrogen) atoms. The van der Waals surface area contributed by atoms with E-state index >= 15 is 0 Å². The number of rotatable bonds is 2. The van der Waals surface area contributed by atoms with Crippen LogP contribution >= 0.6 is 0 Å². The molecule has 3 aliphatic rings. The summed E-state index contributed by atoms with van der Waals surface area (Å²) in [6.45, 7) is 15.8. The maximum atomic E-state index is 7.70. The molecule has 1 saturated carbocycles. The van der Waals surface area contributed by atoms with Gasteiger partial charge in [-0.05, 0) is 80.9 Å². The molecule has 1 aromatic carbocycles. The minimum absolute atomic E-state index is 0.409. The number of aromatic nitrogens is 1. The lowest BCUT2D eigenvalue weighted by atomic mass is 9.79. The zero-order valence-electron chi connectivity index (χ0n) is 17.0. The molecule has 0 spiro atoms. The van der Waals surface area contributed by atoms with Crippen LogP contribution in [-0.4, -0.2) is 23.3 Å². The minimum atomic E-state index is -0.497. The normalized spacial score (nSPS) is 26.3. The highest BCUT2D eigenvalue weighted by Gasteiger charge is 2.51. The Hall–Kier alpha value is -2.16. The van der Waals surface area contributed by atoms with Crippen LogP contribution in [0.3, 0.4) is 0 Å². The zero-order chi connectivity index (χ0) is 19.7. The number of nitrogens with zero attached hydrogens (tertiary/aromatic N) is 2. The smallest absolute Gasteiger partial charge is 0.399 e. The van der Waals surface area contributed by atoms with Crippen LogP contribution in [0.2, 0.25) is 0 Å². The average molecular weight is 372 g/mol. The third kappa shape index (κ3) is 2.55. The molecule has 1 aromatic heterocycles. The fourth-order valence-electron chi connectivity index (χ4n) is 4.88. The molecule has 2 aromatic rings. The molecular weight excluding hydrogens is 347 g/mol. The third-order valence-corrected chi connectivity index (χ3v) is 7.21. The molecule has 2 heterocycles. The lowest BCUT2D eigenvalue weighted by molar-refractivity contribution is 0.00578. The van der Waals surface area contributed by atoms with Gasteiger partial charge in [-0.15, -0.1) is 0 Å². The van der Waals surface area contributed by atoms with E-state index in [-0.39, 0.29) is 0 Å². The molecule has 2 unspecified atom stereocenters. The highest BCUT2D eigenvalue weighted by molar-refractivity contribution is 6.62. The molecule has 0 amide bonds. The second kappa shape index (κ2) is 5.92. The van der Waals surface area contributed by atoms with Gasteiger partial charge in [-0.2, -0.15) is 0 Å². The average Bonchev–Trinajstić information content (AvgIpc) is 3.33. The van der Waals surface area contributed by atoms with E-state index in [0.717, 1.165) is 22.6 Å². The summed E-state index contributed by atoms with van der Waals surface area (Å²) in [7, 11) is -0.497. The second-order valence-corrected chi connectivity index (χ2v) is 9.39. The van der Waals surface area contributed by atoms with Crippen molar-refractivity contribution >= 4 is 18.3 Å². The predicted octanol–water partition coefficient (Wildman–Crippen LogP) is 4.96. The molecule has 142 valence electrons. The van der Waals surface area contributed by atoms with E-state index < -0.39 is 18.3 Å². The molecule has 2 aliphatic carbocycles. The number of hydrogen-bond donors (Lipinski definition) is 0. The molecule has 2 atom stereocenters. The summed E-state index contributed by atoms with van der Waals surface area (Å²) in [6, 6.07) is 8.53. The van der Waals surface area contributed by atoms with Gasteiger partial charge in [0.05, 0.1) is 23.5 Å². The van der Waals surface area contributed by atoms with Gasteiger partial charge in [-0.3, -0.25) is 4.98 Å². The Bertz CT molecular complexity index is 992. The van der Waals surface area contributed by atoms with Crippen LogP contribution in [0.1, 0.15) is 69.9 Å². The van der Waals surface area contributed by atoms with E-state index in [1.54, 1.807) is 6.20 Å². The van der Waals surface area contributed by atoms with Gasteiger partial charge in [0, 0.05) is 6.20 Å². The van der Waals surface area contributed by atoms with E-state index in [1.165, 1.54) is 30.4 Å². The van der Waals surface area contributed by atoms with Gasteiger partial charge in [-0.25, -0.2) is 4.85 Å². The largest absolute Gasteiger partial charge is 0.495 e. The lowest BCUT2D eigenvalue weighted by Crippen LogP contribution is -2.41. The number of hydrogen-bond acceptors (Lipinski definition) is 3. The van der Waals surface area contributed by atoms with Gasteiger partial charge >= 0.3 is 7.12 Å². The molecule has 2 fully saturated rings. The first kappa shape index (κ1) is 17.9. The molecule has 5 rings (SSSR count). The number of pyridine rings is 1. The Labute approximate surface area is 167 Å². The molecule has 5 heteroatoms. The van der Waals surface area contributed by atoms with Gasteiger partial charge in [0.1, 0.15) is 0 Å². The van der Waals surface area contributed by atoms with Gasteiger partial charge < -0.3 is 9.31 Å². The van der Waals surface area contributed by atoms with E-state index in [1.807, 2.05) is 33.8 Å². The summed E-state index contributed by atoms with van der Waals surface area (Å²) in [4.78, 5) is 8.44. The second-order valence-electron chi connectivity index (χ2n) is 9.39. The standard InChI is InChI=1S/C23H25BN2O2/c1-22(2)23(3,4)28-24(27-22)17-12-20(25-5)21(26-13-17)16-8-9-18-14-6-7-15(10-14)19(18)11-16/h8-9,11-15H,6-7,10H2,1-4H3. The zero-order valence-corrected chi connectivity index (χ0v) is 17.0. The Balaban J connectivity index is 1.50. The van der Waals surface area contributed by atoms with Crippen molar-refractivity contribution in [2.75, 3.05) is 0 Å². The Morgan fingerprint density at radius 3 is 2.39 bits per heavy atom. The molecule has 1 aliphatic heterocycles. The quantitative estimate of drug-likeness (QED) is 0.552. The lowest BCUT2D eigenvalue weighted by Gasteiger charge is -2.32. The summed E-state index contributed by atoms with van der Waals surface area (Å²) in [5, 5.41) is 0. The van der Waals surface area contributed by atoms with Gasteiger partial charge in [0.15, 0.2) is 0 Å². The first-order chi connectivity index (χ1) is 13.3. The van der Waals surface area contributed by atoms with Crippen LogP contribution in [0.15, 0.2) is 30.5 Å². The van der Waals surface area contributed by atoms with Crippen LogP contribution in [0, 0.1) is 6.57 Å². The Morgan fingerprint density at radius 1 is 1.04 bits per heavy atom. The van der Waals surface area contributed by atoms with Crippen LogP contribution in [0.25, 0.3) is 16.1 Å². The topological polar surface area (TPSA) is 35.7 Å². The highest BCUT2D eigenvalue weighted by atomic mass is 16.7. The Morgan fingerprint density at radius 2 is 1.71 bits per heavy atom. The molecular formula is C23H25BN2O2. The number of fused-ring (bicyclic) bond motifs is 5. The van der Waals surface area contributed by atoms with Crippen molar-refractivity contribution < 1.29 is 9.31 Å². The molecule has 4 nitrogen and oxygen atoms in total. The first-order valence-electron chi connectivity index (χ1n) is 10.2. The summed E-state index contributed by atoms with van der Waals surface area (Å²) in [6.07, 6.45) is 5.71. The molecule has 0 radical (unpaired) electrons. The van der Waals surface area contributed by atoms with Crippen molar-refractivity contribution in [1.29, 1.82) is 0 Å². The summed E-state index contributed by atoms with van der Waals surface area (Å²) in [5.74, 6) is 1.44. The summed E-state index contributed by atoms with van der Waals surface area (Å²) in [5.41, 5.74) is 5.31. The van der Waals surface area contributed by atoms with Crippen molar-refractivity contribution in [2.45, 2.75) is 70.0 Å². The molecule has 2 bridgehead atoms.